The van der Waals surface area contributed by atoms with Crippen LogP contribution in [0.5, 0.6) is 0 Å². The predicted molar refractivity (Wildman–Crippen MR) is 368 cm³/mol. The molecular formula is C67H93N15O10Si2. The van der Waals surface area contributed by atoms with Crippen LogP contribution in [0, 0.1) is 0 Å². The van der Waals surface area contributed by atoms with Gasteiger partial charge in [0.15, 0.2) is 22.9 Å². The van der Waals surface area contributed by atoms with Gasteiger partial charge < -0.3 is 60.2 Å². The van der Waals surface area contributed by atoms with Gasteiger partial charge in [0.1, 0.15) is 47.8 Å². The third kappa shape index (κ3) is 16.6. The Hall–Kier alpha value is -7.90. The summed E-state index contributed by atoms with van der Waals surface area (Å²) < 4.78 is 44.8. The second-order valence-electron chi connectivity index (χ2n) is 26.6. The normalized spacial score (nSPS) is 19.1. The Balaban J connectivity index is 0.000000238. The van der Waals surface area contributed by atoms with Crippen molar-refractivity contribution >= 4 is 68.1 Å². The minimum absolute atomic E-state index is 0.0666. The Morgan fingerprint density at radius 3 is 1.64 bits per heavy atom. The van der Waals surface area contributed by atoms with E-state index in [1.807, 2.05) is 60.4 Å². The average molecular weight is 1320 g/mol. The summed E-state index contributed by atoms with van der Waals surface area (Å²) in [5.41, 5.74) is 25.5. The van der Waals surface area contributed by atoms with Crippen LogP contribution in [0.2, 0.25) is 51.4 Å². The molecule has 2 amide bonds. The number of carbonyl (C=O) groups excluding carboxylic acids is 3. The number of rotatable bonds is 31. The lowest BCUT2D eigenvalue weighted by Gasteiger charge is -2.38. The van der Waals surface area contributed by atoms with E-state index < -0.39 is 39.2 Å². The number of methoxy groups -OCH3 is 2. The number of pyridine rings is 2. The molecule has 8 heterocycles. The van der Waals surface area contributed by atoms with E-state index >= 15 is 0 Å². The lowest BCUT2D eigenvalue weighted by Crippen LogP contribution is -2.49. The molecular weight excluding hydrogens is 1230 g/mol. The molecule has 7 N–H and O–H groups in total. The maximum Gasteiger partial charge on any atom is 0.249 e. The number of ether oxygens (including phenoxy) is 7. The molecule has 2 saturated carbocycles. The molecule has 0 radical (unpaired) electrons. The summed E-state index contributed by atoms with van der Waals surface area (Å²) in [5.74, 6) is 0.787. The first-order valence-electron chi connectivity index (χ1n) is 32.3. The number of aromatic nitrogens is 10. The fourth-order valence-electron chi connectivity index (χ4n) is 12.1. The Labute approximate surface area is 551 Å². The third-order valence-electron chi connectivity index (χ3n) is 17.5. The summed E-state index contributed by atoms with van der Waals surface area (Å²) >= 11 is 0. The lowest BCUT2D eigenvalue weighted by molar-refractivity contribution is -0.151. The van der Waals surface area contributed by atoms with Crippen molar-refractivity contribution in [2.45, 2.75) is 146 Å². The van der Waals surface area contributed by atoms with Gasteiger partial charge in [-0.2, -0.15) is 19.2 Å². The number of aromatic amines is 1. The maximum absolute atomic E-state index is 12.9. The summed E-state index contributed by atoms with van der Waals surface area (Å²) in [4.78, 5) is 71.4. The van der Waals surface area contributed by atoms with E-state index in [2.05, 4.69) is 75.8 Å². The first-order chi connectivity index (χ1) is 45.0. The highest BCUT2D eigenvalue weighted by Crippen LogP contribution is 2.46. The van der Waals surface area contributed by atoms with Crippen molar-refractivity contribution in [1.82, 2.24) is 49.1 Å². The van der Waals surface area contributed by atoms with Crippen LogP contribution in [0.15, 0.2) is 85.3 Å². The van der Waals surface area contributed by atoms with Crippen LogP contribution in [0.1, 0.15) is 116 Å². The van der Waals surface area contributed by atoms with Gasteiger partial charge in [0.25, 0.3) is 0 Å². The maximum atomic E-state index is 12.9. The molecule has 27 heteroatoms. The number of allylic oxidation sites excluding steroid dienone is 1. The number of nitrogens with two attached hydrogens (primary N) is 3. The summed E-state index contributed by atoms with van der Waals surface area (Å²) in [6, 6.07) is 9.87. The van der Waals surface area contributed by atoms with Crippen molar-refractivity contribution in [3.05, 3.63) is 109 Å². The summed E-state index contributed by atoms with van der Waals surface area (Å²) in [6.07, 6.45) is 19.1. The zero-order chi connectivity index (χ0) is 67.4. The number of amides is 2. The van der Waals surface area contributed by atoms with Crippen LogP contribution < -0.4 is 22.1 Å². The van der Waals surface area contributed by atoms with Crippen LogP contribution >= 0.6 is 0 Å². The van der Waals surface area contributed by atoms with Crippen LogP contribution in [0.4, 0.5) is 11.6 Å². The van der Waals surface area contributed by atoms with Gasteiger partial charge >= 0.3 is 0 Å². The van der Waals surface area contributed by atoms with Crippen LogP contribution in [-0.2, 0) is 42.7 Å². The van der Waals surface area contributed by atoms with Crippen LogP contribution in [0.3, 0.4) is 0 Å². The molecule has 0 bridgehead atoms. The second kappa shape index (κ2) is 31.1. The standard InChI is InChI=1S/C41H63N7O6Si2.C26H30N8O4/c1-10-53-30(2)36-37(31-15-17-41(18-16-31,40(42)49)54-21-20-50-3)46-38-33(32-13-14-35(44-26-32)34-12-11-19-43-34)27-45-48(38)39(36)47(28-51-22-24-55(4,5)6)29-52-23-25-56(7,8)9;1-15(35)20-21(16-5-7-26(8-6-16,25(28)36)38-12-11-37-2)33-24-18(14-32-34(24)22(20)27)17-3-4-19(31-13-17)23-29-9-10-30-23/h11,13-14,19,26-27,31H,2,10,12,15-18,20-25,28-29H2,1,3-9H3,(H2,42,49);3-4,9-10,13-14,16H,5-8,11-12,27H2,1-2H3,(H2,28,36)(H,29,30). The molecule has 0 saturated heterocycles. The van der Waals surface area contributed by atoms with Crippen molar-refractivity contribution in [3.63, 3.8) is 0 Å². The Morgan fingerprint density at radius 1 is 0.691 bits per heavy atom. The smallest absolute Gasteiger partial charge is 0.249 e. The number of aliphatic imine (C=N–C) groups is 1. The number of hydrogen-bond donors (Lipinski definition) is 4. The van der Waals surface area contributed by atoms with E-state index in [1.165, 1.54) is 11.4 Å². The third-order valence-corrected chi connectivity index (χ3v) is 20.9. The molecule has 0 aromatic carbocycles. The van der Waals surface area contributed by atoms with Crippen LogP contribution in [-0.4, -0.2) is 174 Å². The van der Waals surface area contributed by atoms with Gasteiger partial charge in [-0.3, -0.25) is 29.3 Å². The molecule has 3 aliphatic rings. The van der Waals surface area contributed by atoms with Gasteiger partial charge in [-0.1, -0.05) is 64.1 Å². The number of imidazole rings is 1. The monoisotopic (exact) mass is 1320 g/mol. The number of nitrogens with one attached hydrogen (secondary N) is 1. The Bertz CT molecular complexity index is 3780. The Kier molecular flexibility index (Phi) is 23.3. The van der Waals surface area contributed by atoms with E-state index in [-0.39, 0.29) is 50.1 Å². The molecule has 2 fully saturated rings. The Morgan fingerprint density at radius 2 is 1.20 bits per heavy atom. The molecule has 25 nitrogen and oxygen atoms in total. The van der Waals surface area contributed by atoms with E-state index in [9.17, 15) is 14.4 Å². The number of Topliss-reactive ketones (excluding diaryl/α,β-unsaturated/α-hetero) is 1. The molecule has 7 aromatic heterocycles. The number of nitrogens with zero attached hydrogens (tertiary/aromatic N) is 11. The first-order valence-corrected chi connectivity index (χ1v) is 39.7. The van der Waals surface area contributed by atoms with Gasteiger partial charge in [-0.15, -0.1) is 0 Å². The highest BCUT2D eigenvalue weighted by atomic mass is 28.3. The van der Waals surface area contributed by atoms with E-state index in [1.54, 1.807) is 39.0 Å². The van der Waals surface area contributed by atoms with Gasteiger partial charge in [0, 0.05) is 115 Å². The topological polar surface area (TPSA) is 324 Å². The molecule has 94 heavy (non-hydrogen) atoms. The summed E-state index contributed by atoms with van der Waals surface area (Å²) in [5, 5.41) is 9.41. The predicted octanol–water partition coefficient (Wildman–Crippen LogP) is 9.99. The molecule has 2 aliphatic carbocycles. The minimum Gasteiger partial charge on any atom is -0.494 e. The summed E-state index contributed by atoms with van der Waals surface area (Å²) in [6.45, 7) is 25.5. The number of hydrogen-bond acceptors (Lipinski definition) is 20. The van der Waals surface area contributed by atoms with Gasteiger partial charge in [-0.05, 0) is 89.4 Å². The first kappa shape index (κ1) is 70.4. The highest BCUT2D eigenvalue weighted by Gasteiger charge is 2.45. The molecule has 0 unspecified atom stereocenters. The van der Waals surface area contributed by atoms with E-state index in [0.717, 1.165) is 69.2 Å². The molecule has 504 valence electrons. The van der Waals surface area contributed by atoms with Crippen molar-refractivity contribution in [1.29, 1.82) is 0 Å². The number of H-pyrrole nitrogens is 1. The lowest BCUT2D eigenvalue weighted by atomic mass is 9.76. The molecule has 10 rings (SSSR count). The minimum atomic E-state index is -1.35. The highest BCUT2D eigenvalue weighted by molar-refractivity contribution is 6.76. The zero-order valence-electron chi connectivity index (χ0n) is 56.2. The van der Waals surface area contributed by atoms with Crippen molar-refractivity contribution in [3.8, 4) is 33.8 Å². The van der Waals surface area contributed by atoms with Crippen LogP contribution in [0.25, 0.3) is 50.8 Å². The molecule has 0 spiro atoms. The quantitative estimate of drug-likeness (QED) is 0.0103. The van der Waals surface area contributed by atoms with Gasteiger partial charge in [0.05, 0.1) is 79.3 Å². The molecule has 7 aromatic rings. The number of primary amides is 2. The van der Waals surface area contributed by atoms with Crippen molar-refractivity contribution in [2.75, 3.05) is 84.6 Å². The van der Waals surface area contributed by atoms with E-state index in [0.29, 0.717) is 124 Å². The van der Waals surface area contributed by atoms with Gasteiger partial charge in [0.2, 0.25) is 11.8 Å². The fourth-order valence-corrected chi connectivity index (χ4v) is 13.6. The molecule has 1 aliphatic heterocycles. The van der Waals surface area contributed by atoms with E-state index in [4.69, 9.17) is 70.4 Å². The average Bonchev–Trinajstić information content (AvgIpc) is 1.46. The number of carbonyl (C=O) groups is 3. The number of fused-ring (bicyclic) bond motifs is 2. The zero-order valence-corrected chi connectivity index (χ0v) is 58.2. The molecule has 0 atom stereocenters. The van der Waals surface area contributed by atoms with Crippen molar-refractivity contribution < 1.29 is 47.5 Å². The largest absolute Gasteiger partial charge is 0.494 e. The van der Waals surface area contributed by atoms with Gasteiger partial charge in [-0.25, -0.2) is 15.0 Å². The van der Waals surface area contributed by atoms with Crippen molar-refractivity contribution in [2.24, 2.45) is 16.5 Å². The number of anilines is 2. The second-order valence-corrected chi connectivity index (χ2v) is 37.8. The fraction of sp³-hybridized carbons (Fsp3) is 0.507. The number of ketones is 1. The summed E-state index contributed by atoms with van der Waals surface area (Å²) in [7, 11) is 0.476. The SMILES string of the molecule is C=C(OCC)c1c(C2CCC(OCCOC)(C(N)=O)CC2)nc2c(-c3ccc(C4=NC=CC4)nc3)cnn2c1N(COCC[Si](C)(C)C)COCC[Si](C)(C)C.COCCOC1(C(N)=O)CCC(c2nc3c(-c4ccc(-c5ncc[nH]5)nc4)cnn3c(N)c2C(C)=O)CC1. The number of nitrogen functional groups attached to an aromatic ring is 1.